The molecule has 0 amide bonds. The number of aryl methyl sites for hydroxylation is 2. The molecule has 3 nitrogen and oxygen atoms in total. The van der Waals surface area contributed by atoms with Crippen molar-refractivity contribution in [3.05, 3.63) is 18.2 Å². The summed E-state index contributed by atoms with van der Waals surface area (Å²) in [4.78, 5) is 4.41. The van der Waals surface area contributed by atoms with E-state index in [4.69, 9.17) is 0 Å². The first-order chi connectivity index (χ1) is 7.79. The molecule has 90 valence electrons. The maximum Gasteiger partial charge on any atom is 0.108 e. The van der Waals surface area contributed by atoms with Crippen LogP contribution in [-0.4, -0.2) is 22.1 Å². The van der Waals surface area contributed by atoms with E-state index in [2.05, 4.69) is 34.9 Å². The van der Waals surface area contributed by atoms with Gasteiger partial charge in [-0.05, 0) is 38.6 Å². The summed E-state index contributed by atoms with van der Waals surface area (Å²) in [6, 6.07) is 0.833. The quantitative estimate of drug-likeness (QED) is 0.765. The number of hydrogen-bond donors (Lipinski definition) is 1. The van der Waals surface area contributed by atoms with Crippen LogP contribution in [0.4, 0.5) is 0 Å². The molecule has 1 N–H and O–H groups in total. The Morgan fingerprint density at radius 1 is 1.56 bits per heavy atom. The summed E-state index contributed by atoms with van der Waals surface area (Å²) in [6.07, 6.45) is 9.08. The van der Waals surface area contributed by atoms with Crippen LogP contribution in [0.2, 0.25) is 0 Å². The average Bonchev–Trinajstić information content (AvgIpc) is 3.01. The molecule has 1 fully saturated rings. The fourth-order valence-corrected chi connectivity index (χ4v) is 1.99. The minimum atomic E-state index is 0.752. The second-order valence-electron chi connectivity index (χ2n) is 4.96. The maximum absolute atomic E-state index is 4.41. The van der Waals surface area contributed by atoms with Crippen molar-refractivity contribution in [2.75, 3.05) is 6.54 Å². The van der Waals surface area contributed by atoms with Crippen LogP contribution >= 0.6 is 0 Å². The van der Waals surface area contributed by atoms with Crippen LogP contribution in [0.25, 0.3) is 0 Å². The summed E-state index contributed by atoms with van der Waals surface area (Å²) < 4.78 is 2.24. The minimum absolute atomic E-state index is 0.752. The smallest absolute Gasteiger partial charge is 0.108 e. The van der Waals surface area contributed by atoms with Crippen molar-refractivity contribution >= 4 is 0 Å². The summed E-state index contributed by atoms with van der Waals surface area (Å²) >= 11 is 0. The highest BCUT2D eigenvalue weighted by atomic mass is 15.0. The van der Waals surface area contributed by atoms with Crippen molar-refractivity contribution in [3.8, 4) is 0 Å². The van der Waals surface area contributed by atoms with Crippen LogP contribution < -0.4 is 5.32 Å². The summed E-state index contributed by atoms with van der Waals surface area (Å²) in [5.74, 6) is 1.99. The number of nitrogens with zero attached hydrogens (tertiary/aromatic N) is 2. The van der Waals surface area contributed by atoms with Gasteiger partial charge in [0.15, 0.2) is 0 Å². The molecule has 1 aliphatic carbocycles. The van der Waals surface area contributed by atoms with Crippen LogP contribution in [-0.2, 0) is 13.0 Å². The Hall–Kier alpha value is -0.830. The van der Waals surface area contributed by atoms with Gasteiger partial charge >= 0.3 is 0 Å². The first-order valence-corrected chi connectivity index (χ1v) is 6.53. The minimum Gasteiger partial charge on any atom is -0.335 e. The van der Waals surface area contributed by atoms with Crippen LogP contribution in [0.3, 0.4) is 0 Å². The summed E-state index contributed by atoms with van der Waals surface area (Å²) in [5, 5.41) is 3.59. The molecule has 0 radical (unpaired) electrons. The van der Waals surface area contributed by atoms with Gasteiger partial charge in [-0.3, -0.25) is 0 Å². The molecule has 0 spiro atoms. The predicted molar refractivity (Wildman–Crippen MR) is 66.4 cm³/mol. The molecule has 1 atom stereocenters. The van der Waals surface area contributed by atoms with Gasteiger partial charge in [-0.2, -0.15) is 0 Å². The summed E-state index contributed by atoms with van der Waals surface area (Å²) in [7, 11) is 0. The van der Waals surface area contributed by atoms with Crippen LogP contribution in [0.1, 0.15) is 38.9 Å². The lowest BCUT2D eigenvalue weighted by atomic mass is 10.1. The Morgan fingerprint density at radius 3 is 3.06 bits per heavy atom. The highest BCUT2D eigenvalue weighted by Gasteiger charge is 2.20. The molecule has 0 bridgehead atoms. The molecule has 1 aromatic rings. The van der Waals surface area contributed by atoms with Gasteiger partial charge in [-0.25, -0.2) is 4.98 Å². The van der Waals surface area contributed by atoms with Crippen molar-refractivity contribution in [2.45, 2.75) is 52.1 Å². The first kappa shape index (κ1) is 11.6. The van der Waals surface area contributed by atoms with Crippen molar-refractivity contribution < 1.29 is 0 Å². The third-order valence-corrected chi connectivity index (χ3v) is 3.34. The van der Waals surface area contributed by atoms with Gasteiger partial charge in [-0.1, -0.05) is 6.92 Å². The van der Waals surface area contributed by atoms with Crippen molar-refractivity contribution in [1.82, 2.24) is 14.9 Å². The second kappa shape index (κ2) is 5.48. The Balaban J connectivity index is 1.68. The highest BCUT2D eigenvalue weighted by Crippen LogP contribution is 2.19. The number of imidazole rings is 1. The van der Waals surface area contributed by atoms with E-state index >= 15 is 0 Å². The lowest BCUT2D eigenvalue weighted by molar-refractivity contribution is 0.470. The lowest BCUT2D eigenvalue weighted by Crippen LogP contribution is -2.23. The third-order valence-electron chi connectivity index (χ3n) is 3.34. The van der Waals surface area contributed by atoms with Gasteiger partial charge < -0.3 is 9.88 Å². The Labute approximate surface area is 98.3 Å². The molecular weight excluding hydrogens is 198 g/mol. The van der Waals surface area contributed by atoms with Crippen molar-refractivity contribution in [2.24, 2.45) is 5.92 Å². The van der Waals surface area contributed by atoms with Crippen LogP contribution in [0.15, 0.2) is 12.4 Å². The topological polar surface area (TPSA) is 29.9 Å². The summed E-state index contributed by atoms with van der Waals surface area (Å²) in [5.41, 5.74) is 0. The van der Waals surface area contributed by atoms with Gasteiger partial charge in [0.2, 0.25) is 0 Å². The maximum atomic E-state index is 4.41. The summed E-state index contributed by atoms with van der Waals surface area (Å²) in [6.45, 7) is 6.69. The van der Waals surface area contributed by atoms with E-state index in [9.17, 15) is 0 Å². The van der Waals surface area contributed by atoms with E-state index in [0.29, 0.717) is 0 Å². The zero-order valence-electron chi connectivity index (χ0n) is 10.4. The molecule has 1 aromatic heterocycles. The third kappa shape index (κ3) is 3.34. The molecule has 1 saturated carbocycles. The molecule has 0 saturated heterocycles. The van der Waals surface area contributed by atoms with Gasteiger partial charge in [0.25, 0.3) is 0 Å². The SMILES string of the molecule is CCn1ccnc1CCC(C)CNC1CC1. The second-order valence-corrected chi connectivity index (χ2v) is 4.96. The zero-order valence-corrected chi connectivity index (χ0v) is 10.4. The molecule has 3 heteroatoms. The molecule has 0 aromatic carbocycles. The number of rotatable bonds is 7. The Kier molecular flexibility index (Phi) is 3.99. The lowest BCUT2D eigenvalue weighted by Gasteiger charge is -2.12. The van der Waals surface area contributed by atoms with E-state index in [1.54, 1.807) is 0 Å². The van der Waals surface area contributed by atoms with Crippen molar-refractivity contribution in [1.29, 1.82) is 0 Å². The molecule has 1 aliphatic rings. The van der Waals surface area contributed by atoms with Gasteiger partial charge in [-0.15, -0.1) is 0 Å². The first-order valence-electron chi connectivity index (χ1n) is 6.53. The predicted octanol–water partition coefficient (Wildman–Crippen LogP) is 2.22. The van der Waals surface area contributed by atoms with Gasteiger partial charge in [0.05, 0.1) is 0 Å². The number of nitrogens with one attached hydrogen (secondary N) is 1. The van der Waals surface area contributed by atoms with Crippen LogP contribution in [0, 0.1) is 5.92 Å². The van der Waals surface area contributed by atoms with Crippen molar-refractivity contribution in [3.63, 3.8) is 0 Å². The standard InChI is InChI=1S/C13H23N3/c1-3-16-9-8-14-13(16)7-4-11(2)10-15-12-5-6-12/h8-9,11-12,15H,3-7,10H2,1-2H3. The molecular formula is C13H23N3. The zero-order chi connectivity index (χ0) is 11.4. The number of hydrogen-bond acceptors (Lipinski definition) is 2. The molecule has 16 heavy (non-hydrogen) atoms. The molecule has 1 unspecified atom stereocenters. The Morgan fingerprint density at radius 2 is 2.38 bits per heavy atom. The van der Waals surface area contributed by atoms with E-state index < -0.39 is 0 Å². The average molecular weight is 221 g/mol. The fraction of sp³-hybridized carbons (Fsp3) is 0.769. The van der Waals surface area contributed by atoms with Crippen LogP contribution in [0.5, 0.6) is 0 Å². The van der Waals surface area contributed by atoms with E-state index in [1.807, 2.05) is 6.20 Å². The fourth-order valence-electron chi connectivity index (χ4n) is 1.99. The van der Waals surface area contributed by atoms with Gasteiger partial charge in [0, 0.05) is 31.4 Å². The normalized spacial score (nSPS) is 17.6. The highest BCUT2D eigenvalue weighted by molar-refractivity contribution is 4.92. The van der Waals surface area contributed by atoms with E-state index in [0.717, 1.165) is 31.5 Å². The molecule has 2 rings (SSSR count). The monoisotopic (exact) mass is 221 g/mol. The number of aromatic nitrogens is 2. The largest absolute Gasteiger partial charge is 0.335 e. The molecule has 1 heterocycles. The molecule has 0 aliphatic heterocycles. The van der Waals surface area contributed by atoms with E-state index in [1.165, 1.54) is 25.1 Å². The Bertz CT molecular complexity index is 315. The van der Waals surface area contributed by atoms with E-state index in [-0.39, 0.29) is 0 Å². The van der Waals surface area contributed by atoms with Gasteiger partial charge in [0.1, 0.15) is 5.82 Å².